The topological polar surface area (TPSA) is 40.5 Å². The van der Waals surface area contributed by atoms with E-state index in [1.165, 1.54) is 10.4 Å². The van der Waals surface area contributed by atoms with Crippen molar-refractivity contribution < 1.29 is 9.90 Å². The standard InChI is InChI=1S/C16H16ClNO2S/c1-10-3-2-4-12(17)14(10)15(16(19)20)18-7-5-13-11(9-18)6-8-21-13/h6,8,10,15H,3,5,7,9H2,1H3,(H,19,20). The Morgan fingerprint density at radius 1 is 1.62 bits per heavy atom. The average Bonchev–Trinajstić information content (AvgIpc) is 2.89. The summed E-state index contributed by atoms with van der Waals surface area (Å²) >= 11 is 7.98. The molecule has 2 heterocycles. The summed E-state index contributed by atoms with van der Waals surface area (Å²) in [7, 11) is 0. The van der Waals surface area contributed by atoms with Gasteiger partial charge in [0.15, 0.2) is 0 Å². The lowest BCUT2D eigenvalue weighted by Gasteiger charge is -2.35. The van der Waals surface area contributed by atoms with Crippen molar-refractivity contribution >= 4 is 28.9 Å². The van der Waals surface area contributed by atoms with Crippen molar-refractivity contribution in [2.24, 2.45) is 5.92 Å². The summed E-state index contributed by atoms with van der Waals surface area (Å²) in [5.41, 5.74) is 2.00. The smallest absolute Gasteiger partial charge is 0.325 e. The highest BCUT2D eigenvalue weighted by Crippen LogP contribution is 2.33. The second-order valence-corrected chi connectivity index (χ2v) is 6.89. The highest BCUT2D eigenvalue weighted by Gasteiger charge is 2.36. The van der Waals surface area contributed by atoms with Gasteiger partial charge in [-0.3, -0.25) is 9.69 Å². The molecule has 2 atom stereocenters. The van der Waals surface area contributed by atoms with Crippen LogP contribution in [0.4, 0.5) is 0 Å². The van der Waals surface area contributed by atoms with Gasteiger partial charge in [-0.1, -0.05) is 30.4 Å². The molecule has 1 aliphatic heterocycles. The monoisotopic (exact) mass is 321 g/mol. The predicted molar refractivity (Wildman–Crippen MR) is 84.3 cm³/mol. The Bertz CT molecular complexity index is 667. The summed E-state index contributed by atoms with van der Waals surface area (Å²) in [6.45, 7) is 3.42. The summed E-state index contributed by atoms with van der Waals surface area (Å²) in [6.07, 6.45) is 1.58. The van der Waals surface area contributed by atoms with Crippen molar-refractivity contribution in [1.29, 1.82) is 0 Å². The van der Waals surface area contributed by atoms with Crippen LogP contribution >= 0.6 is 22.9 Å². The van der Waals surface area contributed by atoms with Crippen LogP contribution in [0.3, 0.4) is 0 Å². The number of fused-ring (bicyclic) bond motifs is 1. The number of thiophene rings is 1. The summed E-state index contributed by atoms with van der Waals surface area (Å²) in [6, 6.07) is 1.42. The van der Waals surface area contributed by atoms with E-state index < -0.39 is 12.0 Å². The van der Waals surface area contributed by atoms with E-state index in [2.05, 4.69) is 23.3 Å². The van der Waals surface area contributed by atoms with Gasteiger partial charge >= 0.3 is 5.97 Å². The maximum absolute atomic E-state index is 11.9. The number of halogens is 1. The Hall–Kier alpha value is -1.28. The summed E-state index contributed by atoms with van der Waals surface area (Å²) in [4.78, 5) is 15.2. The first kappa shape index (κ1) is 14.6. The van der Waals surface area contributed by atoms with Crippen LogP contribution < -0.4 is 0 Å². The third kappa shape index (κ3) is 2.74. The zero-order chi connectivity index (χ0) is 15.0. The first-order chi connectivity index (χ1) is 10.1. The van der Waals surface area contributed by atoms with Crippen LogP contribution in [0.5, 0.6) is 0 Å². The van der Waals surface area contributed by atoms with E-state index in [0.717, 1.165) is 18.5 Å². The van der Waals surface area contributed by atoms with Crippen LogP contribution in [0.25, 0.3) is 0 Å². The van der Waals surface area contributed by atoms with E-state index in [1.807, 2.05) is 11.8 Å². The van der Waals surface area contributed by atoms with Gasteiger partial charge in [0.1, 0.15) is 6.04 Å². The molecule has 0 spiro atoms. The van der Waals surface area contributed by atoms with Gasteiger partial charge in [0.05, 0.1) is 5.03 Å². The van der Waals surface area contributed by atoms with E-state index in [0.29, 0.717) is 18.0 Å². The molecule has 110 valence electrons. The van der Waals surface area contributed by atoms with E-state index in [-0.39, 0.29) is 5.92 Å². The molecule has 0 amide bonds. The van der Waals surface area contributed by atoms with Crippen molar-refractivity contribution in [3.63, 3.8) is 0 Å². The molecule has 0 saturated carbocycles. The normalized spacial score (nSPS) is 23.2. The Morgan fingerprint density at radius 3 is 3.14 bits per heavy atom. The number of hydrogen-bond acceptors (Lipinski definition) is 3. The van der Waals surface area contributed by atoms with Crippen molar-refractivity contribution in [2.45, 2.75) is 32.4 Å². The molecule has 0 saturated heterocycles. The van der Waals surface area contributed by atoms with Crippen LogP contribution in [-0.4, -0.2) is 28.6 Å². The van der Waals surface area contributed by atoms with Crippen molar-refractivity contribution in [1.82, 2.24) is 4.90 Å². The minimum Gasteiger partial charge on any atom is -0.480 e. The second kappa shape index (κ2) is 5.84. The van der Waals surface area contributed by atoms with E-state index >= 15 is 0 Å². The molecule has 1 N–H and O–H groups in total. The van der Waals surface area contributed by atoms with Gasteiger partial charge in [0, 0.05) is 24.4 Å². The van der Waals surface area contributed by atoms with Gasteiger partial charge in [0.2, 0.25) is 0 Å². The molecule has 3 nitrogen and oxygen atoms in total. The zero-order valence-corrected chi connectivity index (χ0v) is 13.3. The van der Waals surface area contributed by atoms with E-state index in [1.54, 1.807) is 11.3 Å². The number of carboxylic acids is 1. The zero-order valence-electron chi connectivity index (χ0n) is 11.7. The fourth-order valence-electron chi connectivity index (χ4n) is 3.05. The fourth-order valence-corrected chi connectivity index (χ4v) is 4.29. The van der Waals surface area contributed by atoms with Gasteiger partial charge in [-0.2, -0.15) is 0 Å². The molecular weight excluding hydrogens is 306 g/mol. The second-order valence-electron chi connectivity index (χ2n) is 5.51. The molecule has 0 bridgehead atoms. The maximum atomic E-state index is 11.9. The van der Waals surface area contributed by atoms with Crippen LogP contribution in [0, 0.1) is 17.8 Å². The lowest BCUT2D eigenvalue weighted by Crippen LogP contribution is -2.46. The van der Waals surface area contributed by atoms with Crippen LogP contribution in [-0.2, 0) is 17.8 Å². The lowest BCUT2D eigenvalue weighted by atomic mass is 9.87. The largest absolute Gasteiger partial charge is 0.480 e. The molecule has 1 aromatic rings. The van der Waals surface area contributed by atoms with Crippen molar-refractivity contribution in [3.05, 3.63) is 32.5 Å². The van der Waals surface area contributed by atoms with E-state index in [9.17, 15) is 9.90 Å². The SMILES string of the molecule is CC1CC#CC(Cl)=C1C(C(=O)O)N1CCc2sccc2C1. The van der Waals surface area contributed by atoms with Crippen LogP contribution in [0.15, 0.2) is 22.1 Å². The molecule has 1 aliphatic carbocycles. The van der Waals surface area contributed by atoms with Crippen molar-refractivity contribution in [2.75, 3.05) is 6.54 Å². The van der Waals surface area contributed by atoms with Crippen molar-refractivity contribution in [3.8, 4) is 11.8 Å². The number of rotatable bonds is 3. The summed E-state index contributed by atoms with van der Waals surface area (Å²) in [5, 5.41) is 12.2. The number of allylic oxidation sites excluding steroid dienone is 1. The third-order valence-corrected chi connectivity index (χ3v) is 5.46. The van der Waals surface area contributed by atoms with Crippen LogP contribution in [0.1, 0.15) is 23.8 Å². The molecular formula is C16H16ClNO2S. The van der Waals surface area contributed by atoms with Gasteiger partial charge in [-0.25, -0.2) is 0 Å². The number of aliphatic carboxylic acids is 1. The Morgan fingerprint density at radius 2 is 2.43 bits per heavy atom. The minimum atomic E-state index is -0.836. The first-order valence-corrected chi connectivity index (χ1v) is 8.24. The maximum Gasteiger partial charge on any atom is 0.325 e. The number of nitrogens with zero attached hydrogens (tertiary/aromatic N) is 1. The van der Waals surface area contributed by atoms with Gasteiger partial charge in [-0.15, -0.1) is 11.3 Å². The molecule has 2 unspecified atom stereocenters. The third-order valence-electron chi connectivity index (χ3n) is 4.12. The van der Waals surface area contributed by atoms with Gasteiger partial charge in [0.25, 0.3) is 0 Å². The van der Waals surface area contributed by atoms with Gasteiger partial charge in [-0.05, 0) is 34.9 Å². The quantitative estimate of drug-likeness (QED) is 0.870. The number of hydrogen-bond donors (Lipinski definition) is 1. The average molecular weight is 322 g/mol. The predicted octanol–water partition coefficient (Wildman–Crippen LogP) is 3.10. The lowest BCUT2D eigenvalue weighted by molar-refractivity contribution is -0.142. The van der Waals surface area contributed by atoms with E-state index in [4.69, 9.17) is 11.6 Å². The molecule has 0 radical (unpaired) electrons. The highest BCUT2D eigenvalue weighted by molar-refractivity contribution is 7.10. The Kier molecular flexibility index (Phi) is 4.08. The fraction of sp³-hybridized carbons (Fsp3) is 0.438. The molecule has 5 heteroatoms. The highest BCUT2D eigenvalue weighted by atomic mass is 35.5. The Balaban J connectivity index is 1.94. The first-order valence-electron chi connectivity index (χ1n) is 6.98. The molecule has 3 rings (SSSR count). The number of carboxylic acid groups (broad SMARTS) is 1. The molecule has 2 aliphatic rings. The molecule has 1 aromatic heterocycles. The Labute approximate surface area is 133 Å². The minimum absolute atomic E-state index is 0.0868. The van der Waals surface area contributed by atoms with Gasteiger partial charge < -0.3 is 5.11 Å². The molecule has 21 heavy (non-hydrogen) atoms. The molecule has 0 aromatic carbocycles. The summed E-state index contributed by atoms with van der Waals surface area (Å²) < 4.78 is 0. The molecule has 0 fully saturated rings. The van der Waals surface area contributed by atoms with Crippen LogP contribution in [0.2, 0.25) is 0 Å². The number of carbonyl (C=O) groups is 1. The summed E-state index contributed by atoms with van der Waals surface area (Å²) in [5.74, 6) is 5.08.